The number of aromatic nitrogens is 2. The number of H-pyrrole nitrogens is 1. The number of para-hydroxylation sites is 1. The fourth-order valence-electron chi connectivity index (χ4n) is 3.68. The van der Waals surface area contributed by atoms with Gasteiger partial charge in [0, 0.05) is 10.9 Å². The fraction of sp³-hybridized carbons (Fsp3) is 0. The van der Waals surface area contributed by atoms with E-state index in [1.165, 1.54) is 11.1 Å². The number of rotatable bonds is 2. The number of benzene rings is 4. The van der Waals surface area contributed by atoms with Gasteiger partial charge in [-0.25, -0.2) is 4.79 Å². The van der Waals surface area contributed by atoms with Crippen LogP contribution in [0.5, 0.6) is 0 Å². The first-order chi connectivity index (χ1) is 13.3. The summed E-state index contributed by atoms with van der Waals surface area (Å²) in [4.78, 5) is 19.3. The number of nitrogens with one attached hydrogen (secondary N) is 1. The average Bonchev–Trinajstić information content (AvgIpc) is 2.73. The molecule has 0 fully saturated rings. The molecule has 3 nitrogen and oxygen atoms in total. The first kappa shape index (κ1) is 15.5. The van der Waals surface area contributed by atoms with Gasteiger partial charge in [-0.15, -0.1) is 0 Å². The maximum absolute atomic E-state index is 12.1. The molecule has 0 atom stereocenters. The van der Waals surface area contributed by atoms with Crippen LogP contribution in [0.25, 0.3) is 44.1 Å². The molecule has 0 aliphatic heterocycles. The van der Waals surface area contributed by atoms with Crippen molar-refractivity contribution < 1.29 is 0 Å². The third kappa shape index (κ3) is 2.61. The van der Waals surface area contributed by atoms with E-state index in [0.29, 0.717) is 5.69 Å². The van der Waals surface area contributed by atoms with Gasteiger partial charge in [0.2, 0.25) is 0 Å². The Morgan fingerprint density at radius 2 is 1.19 bits per heavy atom. The van der Waals surface area contributed by atoms with Crippen molar-refractivity contribution in [2.45, 2.75) is 0 Å². The number of hydrogen-bond acceptors (Lipinski definition) is 2. The zero-order valence-corrected chi connectivity index (χ0v) is 14.5. The van der Waals surface area contributed by atoms with Gasteiger partial charge in [-0.05, 0) is 28.0 Å². The first-order valence-corrected chi connectivity index (χ1v) is 8.88. The largest absolute Gasteiger partial charge is 0.345 e. The van der Waals surface area contributed by atoms with Gasteiger partial charge >= 0.3 is 5.69 Å². The molecule has 5 aromatic rings. The quantitative estimate of drug-likeness (QED) is 0.463. The molecule has 3 heteroatoms. The predicted octanol–water partition coefficient (Wildman–Crippen LogP) is 5.41. The van der Waals surface area contributed by atoms with Crippen molar-refractivity contribution in [3.63, 3.8) is 0 Å². The van der Waals surface area contributed by atoms with Crippen molar-refractivity contribution in [3.05, 3.63) is 101 Å². The molecule has 0 saturated carbocycles. The monoisotopic (exact) mass is 348 g/mol. The number of nitrogens with zero attached hydrogens (tertiary/aromatic N) is 1. The molecule has 1 aromatic heterocycles. The zero-order chi connectivity index (χ0) is 18.2. The van der Waals surface area contributed by atoms with Gasteiger partial charge in [0.1, 0.15) is 0 Å². The summed E-state index contributed by atoms with van der Waals surface area (Å²) >= 11 is 0. The molecule has 5 rings (SSSR count). The Morgan fingerprint density at radius 1 is 0.593 bits per heavy atom. The van der Waals surface area contributed by atoms with Crippen LogP contribution in [-0.4, -0.2) is 9.97 Å². The summed E-state index contributed by atoms with van der Waals surface area (Å²) in [5.41, 5.74) is 4.48. The van der Waals surface area contributed by atoms with Crippen LogP contribution in [0.2, 0.25) is 0 Å². The van der Waals surface area contributed by atoms with Crippen LogP contribution < -0.4 is 5.69 Å². The summed E-state index contributed by atoms with van der Waals surface area (Å²) in [7, 11) is 0. The van der Waals surface area contributed by atoms with Gasteiger partial charge in [0.05, 0.1) is 11.2 Å². The van der Waals surface area contributed by atoms with E-state index in [0.717, 1.165) is 27.2 Å². The Hall–Kier alpha value is -3.72. The molecular formula is C24H16N2O. The molecule has 1 heterocycles. The second kappa shape index (κ2) is 6.22. The smallest absolute Gasteiger partial charge is 0.305 e. The lowest BCUT2D eigenvalue weighted by Gasteiger charge is -2.12. The van der Waals surface area contributed by atoms with Crippen LogP contribution in [0, 0.1) is 0 Å². The van der Waals surface area contributed by atoms with Crippen molar-refractivity contribution in [3.8, 4) is 22.4 Å². The highest BCUT2D eigenvalue weighted by molar-refractivity contribution is 6.07. The third-order valence-electron chi connectivity index (χ3n) is 4.90. The minimum absolute atomic E-state index is 0.333. The summed E-state index contributed by atoms with van der Waals surface area (Å²) in [5, 5.41) is 3.17. The lowest BCUT2D eigenvalue weighted by atomic mass is 9.93. The van der Waals surface area contributed by atoms with E-state index in [-0.39, 0.29) is 5.69 Å². The summed E-state index contributed by atoms with van der Waals surface area (Å²) in [5.74, 6) is 0. The van der Waals surface area contributed by atoms with Gasteiger partial charge in [-0.2, -0.15) is 4.98 Å². The predicted molar refractivity (Wildman–Crippen MR) is 111 cm³/mol. The Labute approximate surface area is 156 Å². The lowest BCUT2D eigenvalue weighted by molar-refractivity contribution is 1.13. The van der Waals surface area contributed by atoms with Gasteiger partial charge < -0.3 is 4.98 Å². The van der Waals surface area contributed by atoms with E-state index in [9.17, 15) is 4.79 Å². The summed E-state index contributed by atoms with van der Waals surface area (Å²) < 4.78 is 0. The average molecular weight is 348 g/mol. The summed E-state index contributed by atoms with van der Waals surface area (Å²) in [6, 6.07) is 30.6. The normalized spacial score (nSPS) is 11.1. The van der Waals surface area contributed by atoms with Crippen molar-refractivity contribution in [2.75, 3.05) is 0 Å². The number of aromatic amines is 1. The SMILES string of the molecule is O=c1nc(-c2ccc(-c3ccccc3)c3ccccc23)c2ccccc2[nH]1. The van der Waals surface area contributed by atoms with Crippen molar-refractivity contribution >= 4 is 21.7 Å². The fourth-order valence-corrected chi connectivity index (χ4v) is 3.68. The number of hydrogen-bond donors (Lipinski definition) is 1. The highest BCUT2D eigenvalue weighted by Crippen LogP contribution is 2.36. The van der Waals surface area contributed by atoms with E-state index in [4.69, 9.17) is 0 Å². The zero-order valence-electron chi connectivity index (χ0n) is 14.5. The molecule has 27 heavy (non-hydrogen) atoms. The first-order valence-electron chi connectivity index (χ1n) is 8.88. The van der Waals surface area contributed by atoms with Crippen LogP contribution in [0.4, 0.5) is 0 Å². The molecule has 0 unspecified atom stereocenters. The van der Waals surface area contributed by atoms with Gasteiger partial charge in [-0.1, -0.05) is 84.9 Å². The Kier molecular flexibility index (Phi) is 3.58. The van der Waals surface area contributed by atoms with E-state index in [2.05, 4.69) is 46.4 Å². The van der Waals surface area contributed by atoms with Gasteiger partial charge in [0.25, 0.3) is 0 Å². The molecule has 0 saturated heterocycles. The summed E-state index contributed by atoms with van der Waals surface area (Å²) in [6.45, 7) is 0. The second-order valence-corrected chi connectivity index (χ2v) is 6.51. The molecule has 0 bridgehead atoms. The van der Waals surface area contributed by atoms with E-state index in [1.807, 2.05) is 54.6 Å². The van der Waals surface area contributed by atoms with Crippen LogP contribution in [0.15, 0.2) is 95.8 Å². The minimum atomic E-state index is -0.333. The molecule has 0 aliphatic carbocycles. The van der Waals surface area contributed by atoms with Gasteiger partial charge in [0.15, 0.2) is 0 Å². The van der Waals surface area contributed by atoms with E-state index < -0.39 is 0 Å². The van der Waals surface area contributed by atoms with Crippen molar-refractivity contribution in [1.82, 2.24) is 9.97 Å². The van der Waals surface area contributed by atoms with Crippen LogP contribution in [-0.2, 0) is 0 Å². The van der Waals surface area contributed by atoms with Crippen LogP contribution in [0.1, 0.15) is 0 Å². The maximum atomic E-state index is 12.1. The van der Waals surface area contributed by atoms with E-state index in [1.54, 1.807) is 0 Å². The molecule has 128 valence electrons. The third-order valence-corrected chi connectivity index (χ3v) is 4.90. The summed E-state index contributed by atoms with van der Waals surface area (Å²) in [6.07, 6.45) is 0. The standard InChI is InChI=1S/C24H16N2O/c27-24-25-22-13-7-6-12-21(22)23(26-24)20-15-14-17(16-8-2-1-3-9-16)18-10-4-5-11-19(18)20/h1-15H,(H,25,26,27). The lowest BCUT2D eigenvalue weighted by Crippen LogP contribution is -2.11. The highest BCUT2D eigenvalue weighted by Gasteiger charge is 2.13. The Bertz CT molecular complexity index is 1340. The van der Waals surface area contributed by atoms with Crippen molar-refractivity contribution in [2.24, 2.45) is 0 Å². The van der Waals surface area contributed by atoms with Gasteiger partial charge in [-0.3, -0.25) is 0 Å². The number of fused-ring (bicyclic) bond motifs is 2. The molecule has 0 aliphatic rings. The molecular weight excluding hydrogens is 332 g/mol. The topological polar surface area (TPSA) is 45.8 Å². The molecule has 0 spiro atoms. The van der Waals surface area contributed by atoms with E-state index >= 15 is 0 Å². The van der Waals surface area contributed by atoms with Crippen LogP contribution >= 0.6 is 0 Å². The Balaban J connectivity index is 1.86. The van der Waals surface area contributed by atoms with Crippen molar-refractivity contribution in [1.29, 1.82) is 0 Å². The van der Waals surface area contributed by atoms with Crippen LogP contribution in [0.3, 0.4) is 0 Å². The maximum Gasteiger partial charge on any atom is 0.345 e. The molecule has 0 radical (unpaired) electrons. The molecule has 0 amide bonds. The second-order valence-electron chi connectivity index (χ2n) is 6.51. The highest BCUT2D eigenvalue weighted by atomic mass is 16.1. The Morgan fingerprint density at radius 3 is 1.96 bits per heavy atom. The molecule has 1 N–H and O–H groups in total. The minimum Gasteiger partial charge on any atom is -0.305 e. The molecule has 4 aromatic carbocycles.